The van der Waals surface area contributed by atoms with Crippen molar-refractivity contribution in [3.8, 4) is 0 Å². The van der Waals surface area contributed by atoms with E-state index in [1.165, 1.54) is 11.1 Å². The van der Waals surface area contributed by atoms with Gasteiger partial charge in [0.2, 0.25) is 0 Å². The average Bonchev–Trinajstić information content (AvgIpc) is 3.31. The summed E-state index contributed by atoms with van der Waals surface area (Å²) in [5.74, 6) is 0.524. The maximum Gasteiger partial charge on any atom is 0.173 e. The number of para-hydroxylation sites is 1. The fourth-order valence-corrected chi connectivity index (χ4v) is 5.66. The SMILES string of the molecule is CCc1cccc(CC)c1NC(=S)N(C1CC1)[C@@H]1CCS(=O)(=O)C1. The molecule has 4 nitrogen and oxygen atoms in total. The molecule has 1 N–H and O–H groups in total. The molecular formula is C18H26N2O2S2. The Morgan fingerprint density at radius 3 is 2.25 bits per heavy atom. The van der Waals surface area contributed by atoms with Crippen molar-refractivity contribution in [2.75, 3.05) is 16.8 Å². The topological polar surface area (TPSA) is 49.4 Å². The number of sulfone groups is 1. The molecule has 1 aliphatic carbocycles. The van der Waals surface area contributed by atoms with Crippen LogP contribution in [0.5, 0.6) is 0 Å². The van der Waals surface area contributed by atoms with Crippen LogP contribution in [0.4, 0.5) is 5.69 Å². The lowest BCUT2D eigenvalue weighted by molar-refractivity contribution is 0.330. The van der Waals surface area contributed by atoms with Gasteiger partial charge in [0.1, 0.15) is 0 Å². The molecule has 1 aromatic rings. The second-order valence-corrected chi connectivity index (χ2v) is 9.40. The molecule has 1 atom stereocenters. The summed E-state index contributed by atoms with van der Waals surface area (Å²) in [4.78, 5) is 2.17. The van der Waals surface area contributed by atoms with Gasteiger partial charge in [-0.15, -0.1) is 0 Å². The first-order chi connectivity index (χ1) is 11.4. The van der Waals surface area contributed by atoms with Crippen molar-refractivity contribution in [2.45, 2.75) is 58.0 Å². The van der Waals surface area contributed by atoms with E-state index in [-0.39, 0.29) is 17.5 Å². The van der Waals surface area contributed by atoms with E-state index in [0.717, 1.165) is 31.4 Å². The monoisotopic (exact) mass is 366 g/mol. The Kier molecular flexibility index (Phi) is 5.16. The van der Waals surface area contributed by atoms with Crippen LogP contribution in [0.25, 0.3) is 0 Å². The molecule has 1 saturated heterocycles. The number of nitrogens with one attached hydrogen (secondary N) is 1. The molecular weight excluding hydrogens is 340 g/mol. The molecule has 0 radical (unpaired) electrons. The molecule has 2 fully saturated rings. The molecule has 3 rings (SSSR count). The lowest BCUT2D eigenvalue weighted by Gasteiger charge is -2.32. The Labute approximate surface area is 150 Å². The summed E-state index contributed by atoms with van der Waals surface area (Å²) in [7, 11) is -2.91. The van der Waals surface area contributed by atoms with Gasteiger partial charge in [-0.25, -0.2) is 8.42 Å². The van der Waals surface area contributed by atoms with Crippen LogP contribution in [-0.4, -0.2) is 42.0 Å². The van der Waals surface area contributed by atoms with Gasteiger partial charge in [-0.3, -0.25) is 0 Å². The molecule has 0 aromatic heterocycles. The van der Waals surface area contributed by atoms with Gasteiger partial charge in [-0.1, -0.05) is 32.0 Å². The van der Waals surface area contributed by atoms with Crippen molar-refractivity contribution >= 4 is 32.9 Å². The molecule has 1 aromatic carbocycles. The maximum atomic E-state index is 11.9. The predicted molar refractivity (Wildman–Crippen MR) is 103 cm³/mol. The molecule has 0 bridgehead atoms. The van der Waals surface area contributed by atoms with Gasteiger partial charge < -0.3 is 10.2 Å². The third kappa shape index (κ3) is 3.75. The smallest absolute Gasteiger partial charge is 0.173 e. The minimum atomic E-state index is -2.91. The third-order valence-corrected chi connectivity index (χ3v) is 7.07. The molecule has 0 unspecified atom stereocenters. The zero-order chi connectivity index (χ0) is 17.3. The first kappa shape index (κ1) is 17.7. The fourth-order valence-electron chi connectivity index (χ4n) is 3.55. The Morgan fingerprint density at radius 1 is 1.17 bits per heavy atom. The van der Waals surface area contributed by atoms with E-state index in [1.54, 1.807) is 0 Å². The van der Waals surface area contributed by atoms with E-state index in [2.05, 4.69) is 42.3 Å². The summed E-state index contributed by atoms with van der Waals surface area (Å²) in [6.45, 7) is 4.29. The second-order valence-electron chi connectivity index (χ2n) is 6.78. The molecule has 0 spiro atoms. The van der Waals surface area contributed by atoms with Gasteiger partial charge in [-0.2, -0.15) is 0 Å². The quantitative estimate of drug-likeness (QED) is 0.811. The van der Waals surface area contributed by atoms with Crippen molar-refractivity contribution < 1.29 is 8.42 Å². The Morgan fingerprint density at radius 2 is 1.79 bits per heavy atom. The first-order valence-corrected chi connectivity index (χ1v) is 11.1. The first-order valence-electron chi connectivity index (χ1n) is 8.85. The van der Waals surface area contributed by atoms with Crippen molar-refractivity contribution in [1.29, 1.82) is 0 Å². The van der Waals surface area contributed by atoms with E-state index in [0.29, 0.717) is 17.6 Å². The van der Waals surface area contributed by atoms with Crippen LogP contribution in [0.15, 0.2) is 18.2 Å². The van der Waals surface area contributed by atoms with Crippen molar-refractivity contribution in [3.63, 3.8) is 0 Å². The van der Waals surface area contributed by atoms with E-state index < -0.39 is 9.84 Å². The number of hydrogen-bond donors (Lipinski definition) is 1. The van der Waals surface area contributed by atoms with Crippen LogP contribution in [0.1, 0.15) is 44.2 Å². The standard InChI is InChI=1S/C18H26N2O2S2/c1-3-13-6-5-7-14(4-2)17(13)19-18(23)20(15-8-9-15)16-10-11-24(21,22)12-16/h5-7,15-16H,3-4,8-12H2,1-2H3,(H,19,23)/t16-/m1/s1. The van der Waals surface area contributed by atoms with Crippen LogP contribution in [0, 0.1) is 0 Å². The van der Waals surface area contributed by atoms with Crippen molar-refractivity contribution in [2.24, 2.45) is 0 Å². The molecule has 1 saturated carbocycles. The molecule has 6 heteroatoms. The molecule has 0 amide bonds. The number of nitrogens with zero attached hydrogens (tertiary/aromatic N) is 1. The summed E-state index contributed by atoms with van der Waals surface area (Å²) in [6, 6.07) is 6.79. The lowest BCUT2D eigenvalue weighted by Crippen LogP contribution is -2.45. The molecule has 132 valence electrons. The Balaban J connectivity index is 1.83. The van der Waals surface area contributed by atoms with E-state index in [4.69, 9.17) is 12.2 Å². The lowest BCUT2D eigenvalue weighted by atomic mass is 10.0. The number of benzene rings is 1. The largest absolute Gasteiger partial charge is 0.342 e. The summed E-state index contributed by atoms with van der Waals surface area (Å²) in [6.07, 6.45) is 4.79. The van der Waals surface area contributed by atoms with Gasteiger partial charge >= 0.3 is 0 Å². The second kappa shape index (κ2) is 7.00. The molecule has 1 aliphatic heterocycles. The van der Waals surface area contributed by atoms with Crippen LogP contribution >= 0.6 is 12.2 Å². The van der Waals surface area contributed by atoms with E-state index in [9.17, 15) is 8.42 Å². The van der Waals surface area contributed by atoms with Gasteiger partial charge in [0.05, 0.1) is 11.5 Å². The van der Waals surface area contributed by atoms with Crippen molar-refractivity contribution in [3.05, 3.63) is 29.3 Å². The minimum Gasteiger partial charge on any atom is -0.342 e. The summed E-state index contributed by atoms with van der Waals surface area (Å²) in [5.41, 5.74) is 3.62. The van der Waals surface area contributed by atoms with Gasteiger partial charge in [0.15, 0.2) is 14.9 Å². The highest BCUT2D eigenvalue weighted by molar-refractivity contribution is 7.91. The molecule has 1 heterocycles. The highest BCUT2D eigenvalue weighted by Gasteiger charge is 2.41. The highest BCUT2D eigenvalue weighted by atomic mass is 32.2. The zero-order valence-electron chi connectivity index (χ0n) is 14.4. The van der Waals surface area contributed by atoms with Crippen LogP contribution in [0.2, 0.25) is 0 Å². The van der Waals surface area contributed by atoms with E-state index >= 15 is 0 Å². The number of aryl methyl sites for hydroxylation is 2. The number of anilines is 1. The van der Waals surface area contributed by atoms with E-state index in [1.807, 2.05) is 0 Å². The summed E-state index contributed by atoms with van der Waals surface area (Å²) in [5, 5.41) is 4.16. The Bertz CT molecular complexity index is 704. The fraction of sp³-hybridized carbons (Fsp3) is 0.611. The highest BCUT2D eigenvalue weighted by Crippen LogP contribution is 2.33. The van der Waals surface area contributed by atoms with Gasteiger partial charge in [0.25, 0.3) is 0 Å². The third-order valence-electron chi connectivity index (χ3n) is 5.01. The predicted octanol–water partition coefficient (Wildman–Crippen LogP) is 3.16. The minimum absolute atomic E-state index is 0.0290. The van der Waals surface area contributed by atoms with Crippen molar-refractivity contribution in [1.82, 2.24) is 4.90 Å². The molecule has 24 heavy (non-hydrogen) atoms. The normalized spacial score (nSPS) is 22.3. The van der Waals surface area contributed by atoms with Crippen LogP contribution in [0.3, 0.4) is 0 Å². The van der Waals surface area contributed by atoms with Gasteiger partial charge in [0, 0.05) is 17.8 Å². The average molecular weight is 367 g/mol. The van der Waals surface area contributed by atoms with Crippen LogP contribution < -0.4 is 5.32 Å². The summed E-state index contributed by atoms with van der Waals surface area (Å²) >= 11 is 5.72. The number of rotatable bonds is 5. The molecule has 2 aliphatic rings. The Hall–Kier alpha value is -1.14. The summed E-state index contributed by atoms with van der Waals surface area (Å²) < 4.78 is 23.8. The number of thiocarbonyl (C=S) groups is 1. The maximum absolute atomic E-state index is 11.9. The zero-order valence-corrected chi connectivity index (χ0v) is 16.0. The van der Waals surface area contributed by atoms with Crippen LogP contribution in [-0.2, 0) is 22.7 Å². The van der Waals surface area contributed by atoms with Gasteiger partial charge in [-0.05, 0) is 55.4 Å². The number of hydrogen-bond acceptors (Lipinski definition) is 3.